The number of para-hydroxylation sites is 4. The van der Waals surface area contributed by atoms with Crippen LogP contribution in [0.4, 0.5) is 0 Å². The molecule has 0 unspecified atom stereocenters. The topological polar surface area (TPSA) is 61.7 Å². The summed E-state index contributed by atoms with van der Waals surface area (Å²) in [6.07, 6.45) is 0. The van der Waals surface area contributed by atoms with Crippen LogP contribution in [0.1, 0.15) is 0 Å². The minimum absolute atomic E-state index is 0.565. The molecule has 4 aromatic heterocycles. The van der Waals surface area contributed by atoms with Gasteiger partial charge in [0.2, 0.25) is 0 Å². The van der Waals surface area contributed by atoms with E-state index in [2.05, 4.69) is 221 Å². The van der Waals surface area contributed by atoms with Gasteiger partial charge < -0.3 is 13.6 Å². The van der Waals surface area contributed by atoms with Crippen molar-refractivity contribution in [3.05, 3.63) is 237 Å². The van der Waals surface area contributed by atoms with Crippen LogP contribution in [0.5, 0.6) is 0 Å². The van der Waals surface area contributed by atoms with Crippen molar-refractivity contribution < 1.29 is 4.42 Å². The van der Waals surface area contributed by atoms with E-state index in [1.807, 2.05) is 24.3 Å². The van der Waals surface area contributed by atoms with E-state index in [9.17, 15) is 0 Å². The average Bonchev–Trinajstić information content (AvgIpc) is 4.09. The van der Waals surface area contributed by atoms with Gasteiger partial charge in [0.1, 0.15) is 11.2 Å². The highest BCUT2D eigenvalue weighted by Gasteiger charge is 2.22. The summed E-state index contributed by atoms with van der Waals surface area (Å²) in [5.74, 6) is 1.73. The Balaban J connectivity index is 0.999. The molecule has 0 bridgehead atoms. The van der Waals surface area contributed by atoms with Gasteiger partial charge in [-0.3, -0.25) is 0 Å². The van der Waals surface area contributed by atoms with E-state index in [4.69, 9.17) is 19.4 Å². The van der Waals surface area contributed by atoms with E-state index in [1.165, 1.54) is 27.3 Å². The maximum Gasteiger partial charge on any atom is 0.164 e. The van der Waals surface area contributed by atoms with Gasteiger partial charge in [0.05, 0.1) is 27.8 Å². The first kappa shape index (κ1) is 38.8. The van der Waals surface area contributed by atoms with Crippen LogP contribution in [-0.4, -0.2) is 24.1 Å². The Hall–Kier alpha value is -9.39. The zero-order valence-corrected chi connectivity index (χ0v) is 37.2. The molecule has 4 heterocycles. The summed E-state index contributed by atoms with van der Waals surface area (Å²) in [5.41, 5.74) is 15.4. The predicted octanol–water partition coefficient (Wildman–Crippen LogP) is 16.3. The molecule has 6 heteroatoms. The van der Waals surface area contributed by atoms with Gasteiger partial charge >= 0.3 is 0 Å². The number of rotatable bonds is 7. The fourth-order valence-electron chi connectivity index (χ4n) is 10.4. The van der Waals surface area contributed by atoms with Crippen LogP contribution in [0.2, 0.25) is 0 Å². The number of nitrogens with zero attached hydrogens (tertiary/aromatic N) is 5. The third kappa shape index (κ3) is 6.38. The molecule has 0 aliphatic rings. The van der Waals surface area contributed by atoms with E-state index in [0.717, 1.165) is 88.6 Å². The first-order chi connectivity index (χ1) is 34.2. The highest BCUT2D eigenvalue weighted by molar-refractivity contribution is 6.15. The minimum atomic E-state index is 0.565. The second-order valence-corrected chi connectivity index (χ2v) is 17.6. The van der Waals surface area contributed by atoms with E-state index in [0.29, 0.717) is 17.5 Å². The fourth-order valence-corrected chi connectivity index (χ4v) is 10.4. The number of aromatic nitrogens is 5. The van der Waals surface area contributed by atoms with Crippen LogP contribution in [0, 0.1) is 0 Å². The smallest absolute Gasteiger partial charge is 0.164 e. The lowest BCUT2D eigenvalue weighted by molar-refractivity contribution is 0.669. The van der Waals surface area contributed by atoms with Crippen LogP contribution < -0.4 is 0 Å². The molecule has 0 aliphatic carbocycles. The van der Waals surface area contributed by atoms with E-state index >= 15 is 0 Å². The Morgan fingerprint density at radius 1 is 0.275 bits per heavy atom. The van der Waals surface area contributed by atoms with Gasteiger partial charge in [-0.15, -0.1) is 0 Å². The van der Waals surface area contributed by atoms with Crippen LogP contribution in [0.25, 0.3) is 133 Å². The summed E-state index contributed by atoms with van der Waals surface area (Å²) < 4.78 is 11.2. The predicted molar refractivity (Wildman–Crippen MR) is 283 cm³/mol. The molecule has 0 spiro atoms. The largest absolute Gasteiger partial charge is 0.456 e. The van der Waals surface area contributed by atoms with Crippen molar-refractivity contribution in [2.24, 2.45) is 0 Å². The number of furan rings is 1. The van der Waals surface area contributed by atoms with Crippen LogP contribution in [-0.2, 0) is 0 Å². The molecule has 0 saturated carbocycles. The summed E-state index contributed by atoms with van der Waals surface area (Å²) in [7, 11) is 0. The lowest BCUT2D eigenvalue weighted by atomic mass is 10.0. The molecule has 0 amide bonds. The van der Waals surface area contributed by atoms with Crippen molar-refractivity contribution in [3.63, 3.8) is 0 Å². The molecule has 0 saturated heterocycles. The molecule has 0 radical (unpaired) electrons. The molecular weight excluding hydrogens is 843 g/mol. The second-order valence-electron chi connectivity index (χ2n) is 17.6. The lowest BCUT2D eigenvalue weighted by Gasteiger charge is -2.15. The fraction of sp³-hybridized carbons (Fsp3) is 0. The van der Waals surface area contributed by atoms with Crippen LogP contribution in [0.15, 0.2) is 241 Å². The molecule has 0 fully saturated rings. The molecule has 0 atom stereocenters. The second kappa shape index (κ2) is 15.6. The molecule has 14 rings (SSSR count). The SMILES string of the molecule is c1ccc(-c2cccc(-c3nc(-c4ccc5c(c4)oc4ccccc45)nc(-c4ccc5c6ccccc6n(-c6cccc7c8ccccc8n(-c8cccc(-c9ccccc9)c8)c67)c5c4)n3)c2)cc1. The molecule has 14 aromatic rings. The summed E-state index contributed by atoms with van der Waals surface area (Å²) >= 11 is 0. The third-order valence-corrected chi connectivity index (χ3v) is 13.6. The summed E-state index contributed by atoms with van der Waals surface area (Å²) in [6.45, 7) is 0. The molecular formula is C63H39N5O. The average molecular weight is 882 g/mol. The number of benzene rings is 10. The number of hydrogen-bond acceptors (Lipinski definition) is 4. The monoisotopic (exact) mass is 881 g/mol. The number of fused-ring (bicyclic) bond motifs is 9. The summed E-state index contributed by atoms with van der Waals surface area (Å²) in [4.78, 5) is 15.8. The Morgan fingerprint density at radius 2 is 0.754 bits per heavy atom. The van der Waals surface area contributed by atoms with Crippen molar-refractivity contribution in [2.45, 2.75) is 0 Å². The molecule has 69 heavy (non-hydrogen) atoms. The van der Waals surface area contributed by atoms with Gasteiger partial charge in [0.15, 0.2) is 17.5 Å². The van der Waals surface area contributed by atoms with Crippen LogP contribution in [0.3, 0.4) is 0 Å². The first-order valence-corrected chi connectivity index (χ1v) is 23.3. The third-order valence-electron chi connectivity index (χ3n) is 13.6. The molecule has 10 aromatic carbocycles. The maximum absolute atomic E-state index is 6.38. The Labute approximate surface area is 396 Å². The van der Waals surface area contributed by atoms with E-state index < -0.39 is 0 Å². The highest BCUT2D eigenvalue weighted by Crippen LogP contribution is 2.41. The van der Waals surface area contributed by atoms with Crippen molar-refractivity contribution in [1.82, 2.24) is 24.1 Å². The lowest BCUT2D eigenvalue weighted by Crippen LogP contribution is -2.02. The Morgan fingerprint density at radius 3 is 1.48 bits per heavy atom. The quantitative estimate of drug-likeness (QED) is 0.160. The summed E-state index contributed by atoms with van der Waals surface area (Å²) in [5, 5.41) is 6.81. The first-order valence-electron chi connectivity index (χ1n) is 23.3. The van der Waals surface area contributed by atoms with E-state index in [1.54, 1.807) is 0 Å². The molecule has 322 valence electrons. The van der Waals surface area contributed by atoms with Crippen molar-refractivity contribution in [2.75, 3.05) is 0 Å². The standard InChI is InChI=1S/C63H39N5O/c1-3-16-40(17-4-1)42-20-13-22-44(36-42)61-64-62(66-63(65-61)46-33-35-52-51-26-9-12-31-58(51)69-59(52)39-46)45-32-34-50-48-24-7-11-29-55(48)68(57(50)38-45)56-30-15-27-53-49-25-8-10-28-54(49)67(60(53)56)47-23-14-21-43(37-47)41-18-5-2-6-19-41/h1-39H. The summed E-state index contributed by atoms with van der Waals surface area (Å²) in [6, 6.07) is 83.5. The van der Waals surface area contributed by atoms with E-state index in [-0.39, 0.29) is 0 Å². The van der Waals surface area contributed by atoms with Gasteiger partial charge in [-0.25, -0.2) is 15.0 Å². The molecule has 0 aliphatic heterocycles. The van der Waals surface area contributed by atoms with Gasteiger partial charge in [-0.1, -0.05) is 176 Å². The zero-order valence-electron chi connectivity index (χ0n) is 37.2. The zero-order chi connectivity index (χ0) is 45.4. The van der Waals surface area contributed by atoms with Crippen molar-refractivity contribution in [3.8, 4) is 67.8 Å². The van der Waals surface area contributed by atoms with Gasteiger partial charge in [-0.2, -0.15) is 0 Å². The highest BCUT2D eigenvalue weighted by atomic mass is 16.3. The van der Waals surface area contributed by atoms with Gasteiger partial charge in [0, 0.05) is 54.7 Å². The minimum Gasteiger partial charge on any atom is -0.456 e. The van der Waals surface area contributed by atoms with Gasteiger partial charge in [-0.05, 0) is 82.9 Å². The van der Waals surface area contributed by atoms with Crippen molar-refractivity contribution in [1.29, 1.82) is 0 Å². The Kier molecular flexibility index (Phi) is 8.79. The Bertz CT molecular complexity index is 4320. The van der Waals surface area contributed by atoms with Gasteiger partial charge in [0.25, 0.3) is 0 Å². The molecule has 0 N–H and O–H groups in total. The van der Waals surface area contributed by atoms with Crippen molar-refractivity contribution >= 4 is 65.6 Å². The van der Waals surface area contributed by atoms with Crippen LogP contribution >= 0.6 is 0 Å². The maximum atomic E-state index is 6.38. The normalized spacial score (nSPS) is 11.8. The number of hydrogen-bond donors (Lipinski definition) is 0. The molecule has 6 nitrogen and oxygen atoms in total.